The van der Waals surface area contributed by atoms with Crippen molar-refractivity contribution < 1.29 is 27.5 Å². The molecule has 2 atom stereocenters. The zero-order valence-electron chi connectivity index (χ0n) is 20.0. The van der Waals surface area contributed by atoms with E-state index in [1.807, 2.05) is 18.2 Å². The lowest BCUT2D eigenvalue weighted by Crippen LogP contribution is -2.47. The van der Waals surface area contributed by atoms with Crippen molar-refractivity contribution in [2.45, 2.75) is 63.1 Å². The fourth-order valence-electron chi connectivity index (χ4n) is 4.89. The number of pyridine rings is 1. The molecule has 2 N–H and O–H groups in total. The van der Waals surface area contributed by atoms with Gasteiger partial charge in [-0.1, -0.05) is 31.4 Å². The highest BCUT2D eigenvalue weighted by atomic mass is 19.4. The number of nitrogens with zero attached hydrogens (tertiary/aromatic N) is 2. The van der Waals surface area contributed by atoms with Gasteiger partial charge in [0, 0.05) is 30.9 Å². The molecule has 1 aromatic heterocycles. The van der Waals surface area contributed by atoms with Crippen molar-refractivity contribution in [2.75, 3.05) is 19.6 Å². The molecule has 0 radical (unpaired) electrons. The number of hydrogen-bond donors (Lipinski definition) is 2. The second kappa shape index (κ2) is 11.8. The largest absolute Gasteiger partial charge is 0.416 e. The smallest absolute Gasteiger partial charge is 0.368 e. The lowest BCUT2D eigenvalue weighted by atomic mass is 9.94. The minimum absolute atomic E-state index is 0.154. The number of rotatable bonds is 8. The van der Waals surface area contributed by atoms with E-state index in [0.717, 1.165) is 30.7 Å². The van der Waals surface area contributed by atoms with E-state index in [0.29, 0.717) is 25.7 Å². The van der Waals surface area contributed by atoms with Gasteiger partial charge in [-0.3, -0.25) is 19.5 Å². The highest BCUT2D eigenvalue weighted by Gasteiger charge is 2.38. The minimum Gasteiger partial charge on any atom is -0.368 e. The predicted octanol–water partition coefficient (Wildman–Crippen LogP) is 3.55. The van der Waals surface area contributed by atoms with Crippen molar-refractivity contribution >= 4 is 11.8 Å². The van der Waals surface area contributed by atoms with E-state index in [4.69, 9.17) is 4.74 Å². The molecule has 1 aromatic carbocycles. The van der Waals surface area contributed by atoms with Crippen LogP contribution in [0.1, 0.15) is 53.7 Å². The molecule has 0 bridgehead atoms. The lowest BCUT2D eigenvalue weighted by Gasteiger charge is -2.30. The summed E-state index contributed by atoms with van der Waals surface area (Å²) >= 11 is 0. The first kappa shape index (κ1) is 26.1. The summed E-state index contributed by atoms with van der Waals surface area (Å²) in [5.74, 6) is -1.16. The van der Waals surface area contributed by atoms with Gasteiger partial charge in [0.1, 0.15) is 0 Å². The summed E-state index contributed by atoms with van der Waals surface area (Å²) in [6.07, 6.45) is 2.80. The topological polar surface area (TPSA) is 83.6 Å². The van der Waals surface area contributed by atoms with Crippen LogP contribution in [0.5, 0.6) is 0 Å². The Labute approximate surface area is 208 Å². The number of hydrogen-bond acceptors (Lipinski definition) is 5. The molecule has 1 saturated carbocycles. The highest BCUT2D eigenvalue weighted by Crippen LogP contribution is 2.30. The number of ether oxygens (including phenoxy) is 1. The third-order valence-electron chi connectivity index (χ3n) is 6.76. The third kappa shape index (κ3) is 7.04. The van der Waals surface area contributed by atoms with Gasteiger partial charge >= 0.3 is 6.18 Å². The number of aromatic nitrogens is 1. The van der Waals surface area contributed by atoms with Crippen LogP contribution in [0.15, 0.2) is 48.7 Å². The van der Waals surface area contributed by atoms with E-state index in [-0.39, 0.29) is 24.3 Å². The van der Waals surface area contributed by atoms with E-state index in [1.54, 1.807) is 6.20 Å². The second-order valence-electron chi connectivity index (χ2n) is 9.35. The molecule has 0 unspecified atom stereocenters. The maximum Gasteiger partial charge on any atom is 0.416 e. The van der Waals surface area contributed by atoms with Crippen molar-refractivity contribution in [1.82, 2.24) is 20.5 Å². The number of halogens is 3. The van der Waals surface area contributed by atoms with Crippen molar-refractivity contribution in [3.8, 4) is 0 Å². The molecule has 36 heavy (non-hydrogen) atoms. The first-order valence-corrected chi connectivity index (χ1v) is 12.3. The molecular weight excluding hydrogens is 473 g/mol. The Bertz CT molecular complexity index is 1030. The van der Waals surface area contributed by atoms with Crippen LogP contribution in [-0.2, 0) is 22.3 Å². The molecule has 2 heterocycles. The molecular formula is C26H31F3N4O3. The molecule has 1 aliphatic heterocycles. The van der Waals surface area contributed by atoms with Crippen LogP contribution in [0.2, 0.25) is 0 Å². The Morgan fingerprint density at radius 1 is 1.06 bits per heavy atom. The summed E-state index contributed by atoms with van der Waals surface area (Å²) in [6.45, 7) is 1.31. The van der Waals surface area contributed by atoms with Gasteiger partial charge in [0.05, 0.1) is 36.6 Å². The number of nitrogens with one attached hydrogen (secondary N) is 2. The van der Waals surface area contributed by atoms with E-state index in [2.05, 4.69) is 20.5 Å². The Morgan fingerprint density at radius 3 is 2.58 bits per heavy atom. The van der Waals surface area contributed by atoms with Crippen LogP contribution in [0.25, 0.3) is 0 Å². The van der Waals surface area contributed by atoms with Gasteiger partial charge < -0.3 is 15.4 Å². The Hall–Kier alpha value is -2.98. The van der Waals surface area contributed by atoms with Crippen LogP contribution < -0.4 is 10.6 Å². The lowest BCUT2D eigenvalue weighted by molar-refractivity contribution is -0.137. The van der Waals surface area contributed by atoms with Gasteiger partial charge in [-0.25, -0.2) is 0 Å². The average Bonchev–Trinajstić information content (AvgIpc) is 3.29. The van der Waals surface area contributed by atoms with E-state index in [9.17, 15) is 22.8 Å². The summed E-state index contributed by atoms with van der Waals surface area (Å²) in [5, 5.41) is 5.37. The Balaban J connectivity index is 1.34. The first-order valence-electron chi connectivity index (χ1n) is 12.3. The zero-order chi connectivity index (χ0) is 25.5. The summed E-state index contributed by atoms with van der Waals surface area (Å²) in [4.78, 5) is 31.7. The summed E-state index contributed by atoms with van der Waals surface area (Å²) in [7, 11) is 0. The van der Waals surface area contributed by atoms with Gasteiger partial charge in [0.2, 0.25) is 5.91 Å². The van der Waals surface area contributed by atoms with Crippen molar-refractivity contribution in [2.24, 2.45) is 0 Å². The quantitative estimate of drug-likeness (QED) is 0.575. The Kier molecular flexibility index (Phi) is 8.58. The first-order chi connectivity index (χ1) is 17.3. The average molecular weight is 505 g/mol. The summed E-state index contributed by atoms with van der Waals surface area (Å²) < 4.78 is 44.9. The van der Waals surface area contributed by atoms with Gasteiger partial charge in [-0.15, -0.1) is 0 Å². The molecule has 2 fully saturated rings. The van der Waals surface area contributed by atoms with Gasteiger partial charge in [0.25, 0.3) is 5.91 Å². The van der Waals surface area contributed by atoms with E-state index >= 15 is 0 Å². The number of carbonyl (C=O) groups excluding carboxylic acids is 2. The molecule has 1 saturated heterocycles. The molecule has 7 nitrogen and oxygen atoms in total. The summed E-state index contributed by atoms with van der Waals surface area (Å²) in [5.41, 5.74) is -0.271. The zero-order valence-corrected chi connectivity index (χ0v) is 20.0. The molecule has 1 aliphatic carbocycles. The van der Waals surface area contributed by atoms with Crippen molar-refractivity contribution in [1.29, 1.82) is 0 Å². The highest BCUT2D eigenvalue weighted by molar-refractivity contribution is 5.96. The van der Waals surface area contributed by atoms with Crippen LogP contribution in [0.3, 0.4) is 0 Å². The van der Waals surface area contributed by atoms with Crippen molar-refractivity contribution in [3.63, 3.8) is 0 Å². The third-order valence-corrected chi connectivity index (χ3v) is 6.76. The maximum atomic E-state index is 12.9. The minimum atomic E-state index is -4.55. The molecule has 194 valence electrons. The fraction of sp³-hybridized carbons (Fsp3) is 0.500. The molecule has 10 heteroatoms. The van der Waals surface area contributed by atoms with Crippen LogP contribution >= 0.6 is 0 Å². The summed E-state index contributed by atoms with van der Waals surface area (Å²) in [6, 6.07) is 9.91. The number of amides is 2. The van der Waals surface area contributed by atoms with Crippen LogP contribution in [-0.4, -0.2) is 59.5 Å². The second-order valence-corrected chi connectivity index (χ2v) is 9.35. The number of benzene rings is 1. The number of likely N-dealkylation sites (tertiary alicyclic amines) is 1. The monoisotopic (exact) mass is 504 g/mol. The van der Waals surface area contributed by atoms with Crippen LogP contribution in [0, 0.1) is 0 Å². The molecule has 2 amide bonds. The van der Waals surface area contributed by atoms with Crippen molar-refractivity contribution in [3.05, 3.63) is 65.5 Å². The Morgan fingerprint density at radius 2 is 1.86 bits per heavy atom. The van der Waals surface area contributed by atoms with Gasteiger partial charge in [0.15, 0.2) is 0 Å². The SMILES string of the molecule is O=C(CNC(=O)c1cccc(C(F)(F)F)c1)N[C@H]1CN(C2CCCCC2)C[C@H]1OCc1ccccn1. The number of carbonyl (C=O) groups is 2. The van der Waals surface area contributed by atoms with E-state index < -0.39 is 23.6 Å². The fourth-order valence-corrected chi connectivity index (χ4v) is 4.89. The number of alkyl halides is 3. The van der Waals surface area contributed by atoms with Gasteiger partial charge in [-0.05, 0) is 43.2 Å². The molecule has 0 spiro atoms. The van der Waals surface area contributed by atoms with Gasteiger partial charge in [-0.2, -0.15) is 13.2 Å². The molecule has 2 aliphatic rings. The van der Waals surface area contributed by atoms with E-state index in [1.165, 1.54) is 31.4 Å². The van der Waals surface area contributed by atoms with Crippen LogP contribution in [0.4, 0.5) is 13.2 Å². The molecule has 2 aromatic rings. The molecule has 4 rings (SSSR count). The maximum absolute atomic E-state index is 12.9. The predicted molar refractivity (Wildman–Crippen MR) is 127 cm³/mol. The normalized spacial score (nSPS) is 21.3. The standard InChI is InChI=1S/C26H31F3N4O3/c27-26(28,29)19-8-6-7-18(13-19)25(35)31-14-24(34)32-22-15-33(21-10-2-1-3-11-21)16-23(22)36-17-20-9-4-5-12-30-20/h4-9,12-13,21-23H,1-3,10-11,14-17H2,(H,31,35)(H,32,34)/t22-,23+/m0/s1.